The van der Waals surface area contributed by atoms with Gasteiger partial charge in [-0.15, -0.1) is 0 Å². The zero-order valence-electron chi connectivity index (χ0n) is 3.42. The first kappa shape index (κ1) is 12.9. The third kappa shape index (κ3) is 83.2. The summed E-state index contributed by atoms with van der Waals surface area (Å²) in [5, 5.41) is 0. The zero-order chi connectivity index (χ0) is 7.15. The molecule has 0 N–H and O–H groups in total. The van der Waals surface area contributed by atoms with Gasteiger partial charge in [0, 0.05) is 0 Å². The highest BCUT2D eigenvalue weighted by molar-refractivity contribution is 9.38. The van der Waals surface area contributed by atoms with Crippen LogP contribution in [-0.4, -0.2) is 6.94 Å². The van der Waals surface area contributed by atoms with Gasteiger partial charge in [-0.05, 0) is 0 Å². The summed E-state index contributed by atoms with van der Waals surface area (Å²) in [6, 6.07) is 0. The van der Waals surface area contributed by atoms with Gasteiger partial charge >= 0.3 is 0 Å². The molecule has 0 saturated carbocycles. The van der Waals surface area contributed by atoms with Crippen LogP contribution in [0.25, 0.3) is 0 Å². The van der Waals surface area contributed by atoms with Crippen LogP contribution in [0.15, 0.2) is 0 Å². The van der Waals surface area contributed by atoms with Crippen LogP contribution in [0.2, 0.25) is 0 Å². The average Bonchev–Trinajstić information content (AvgIpc) is 1.25. The molecule has 0 heterocycles. The van der Waals surface area contributed by atoms with E-state index in [1.54, 1.807) is 0 Å². The van der Waals surface area contributed by atoms with E-state index in [9.17, 15) is 0 Å². The molecule has 0 aromatic heterocycles. The Hall–Kier alpha value is 2.31. The van der Waals surface area contributed by atoms with E-state index in [-0.39, 0.29) is 2.65 Å². The summed E-state index contributed by atoms with van der Waals surface area (Å²) < 4.78 is -0.479. The smallest absolute Gasteiger partial charge is 0.0874 e. The molecular formula is C2H2Br3Cl3. The topological polar surface area (TPSA) is 0 Å². The van der Waals surface area contributed by atoms with Crippen molar-refractivity contribution in [3.63, 3.8) is 0 Å². The third-order valence-corrected chi connectivity index (χ3v) is 0. The lowest BCUT2D eigenvalue weighted by Crippen LogP contribution is -1.55. The van der Waals surface area contributed by atoms with Gasteiger partial charge in [-0.3, -0.25) is 0 Å². The van der Waals surface area contributed by atoms with Crippen LogP contribution in [0, 0.1) is 0 Å². The molecule has 0 radical (unpaired) electrons. The van der Waals surface area contributed by atoms with E-state index in [0.29, 0.717) is 0 Å². The fourth-order valence-electron chi connectivity index (χ4n) is 0. The van der Waals surface area contributed by atoms with Gasteiger partial charge in [0.25, 0.3) is 0 Å². The second-order valence-corrected chi connectivity index (χ2v) is 8.91. The summed E-state index contributed by atoms with van der Waals surface area (Å²) in [5.74, 6) is 0. The number of hydrogen-bond donors (Lipinski definition) is 0. The Morgan fingerprint density at radius 2 is 0.875 bits per heavy atom. The highest BCUT2D eigenvalue weighted by Gasteiger charge is 1.79. The summed E-state index contributed by atoms with van der Waals surface area (Å²) in [6.45, 7) is 0. The molecule has 0 aliphatic rings. The molecule has 0 aromatic rings. The zero-order valence-corrected chi connectivity index (χ0v) is 10.4. The molecule has 0 rings (SSSR count). The molecule has 0 fully saturated rings. The van der Waals surface area contributed by atoms with E-state index in [1.165, 1.54) is 0 Å². The van der Waals surface area contributed by atoms with E-state index in [2.05, 4.69) is 47.8 Å². The monoisotopic (exact) mass is 368 g/mol. The van der Waals surface area contributed by atoms with Gasteiger partial charge in [0.1, 0.15) is 2.65 Å². The molecule has 6 heteroatoms. The Bertz CT molecular complexity index is 28.0. The number of hydrogen-bond acceptors (Lipinski definition) is 0. The predicted molar refractivity (Wildman–Crippen MR) is 51.9 cm³/mol. The Kier molecular flexibility index (Phi) is 15.1. The number of rotatable bonds is 0. The third-order valence-electron chi connectivity index (χ3n) is 0. The molecule has 0 bridgehead atoms. The highest BCUT2D eigenvalue weighted by Crippen LogP contribution is 2.13. The van der Waals surface area contributed by atoms with Crippen molar-refractivity contribution in [3.8, 4) is 0 Å². The molecule has 0 unspecified atom stereocenters. The average molecular weight is 372 g/mol. The van der Waals surface area contributed by atoms with Crippen LogP contribution in [-0.2, 0) is 0 Å². The first-order valence-electron chi connectivity index (χ1n) is 1.31. The SMILES string of the molecule is BrC(Br)Br.ClC(Cl)Cl. The second-order valence-electron chi connectivity index (χ2n) is 0.495. The molecule has 0 saturated heterocycles. The maximum atomic E-state index is 4.81. The first-order chi connectivity index (χ1) is 3.46. The van der Waals surface area contributed by atoms with Crippen LogP contribution in [0.1, 0.15) is 0 Å². The normalized spacial score (nSPS) is 9.00. The largest absolute Gasteiger partial charge is 0.180 e. The van der Waals surface area contributed by atoms with Gasteiger partial charge in [0.2, 0.25) is 0 Å². The van der Waals surface area contributed by atoms with Crippen molar-refractivity contribution in [3.05, 3.63) is 0 Å². The van der Waals surface area contributed by atoms with Crippen LogP contribution in [0.4, 0.5) is 0 Å². The quantitative estimate of drug-likeness (QED) is 0.552. The van der Waals surface area contributed by atoms with Crippen molar-refractivity contribution in [2.45, 2.75) is 6.94 Å². The van der Waals surface area contributed by atoms with Crippen molar-refractivity contribution in [1.29, 1.82) is 0 Å². The number of halogens is 6. The van der Waals surface area contributed by atoms with E-state index < -0.39 is 4.30 Å². The van der Waals surface area contributed by atoms with Gasteiger partial charge in [-0.25, -0.2) is 0 Å². The van der Waals surface area contributed by atoms with Gasteiger partial charge in [0.05, 0.1) is 0 Å². The Morgan fingerprint density at radius 1 is 0.875 bits per heavy atom. The summed E-state index contributed by atoms with van der Waals surface area (Å²) in [7, 11) is 0. The molecule has 0 atom stereocenters. The van der Waals surface area contributed by atoms with Crippen molar-refractivity contribution < 1.29 is 0 Å². The molecule has 0 amide bonds. The fraction of sp³-hybridized carbons (Fsp3) is 1.00. The van der Waals surface area contributed by atoms with Crippen LogP contribution in [0.5, 0.6) is 0 Å². The van der Waals surface area contributed by atoms with Crippen molar-refractivity contribution in [1.82, 2.24) is 0 Å². The van der Waals surface area contributed by atoms with Gasteiger partial charge in [-0.2, -0.15) is 0 Å². The van der Waals surface area contributed by atoms with E-state index >= 15 is 0 Å². The minimum absolute atomic E-state index is 0.271. The number of alkyl halides is 6. The summed E-state index contributed by atoms with van der Waals surface area (Å²) >= 11 is 23.7. The van der Waals surface area contributed by atoms with Crippen molar-refractivity contribution in [2.75, 3.05) is 0 Å². The standard InChI is InChI=1S/CHBr3.CHCl3/c2*2-1(3)4/h2*1H. The predicted octanol–water partition coefficient (Wildman–Crippen LogP) is 4.44. The van der Waals surface area contributed by atoms with Crippen LogP contribution in [0.3, 0.4) is 0 Å². The van der Waals surface area contributed by atoms with Gasteiger partial charge < -0.3 is 0 Å². The molecule has 0 aliphatic carbocycles. The summed E-state index contributed by atoms with van der Waals surface area (Å²) in [4.78, 5) is 0. The molecule has 0 nitrogen and oxygen atoms in total. The molecule has 8 heavy (non-hydrogen) atoms. The van der Waals surface area contributed by atoms with Gasteiger partial charge in [-0.1, -0.05) is 82.6 Å². The Labute approximate surface area is 88.6 Å². The summed E-state index contributed by atoms with van der Waals surface area (Å²) in [6.07, 6.45) is 0. The fourth-order valence-corrected chi connectivity index (χ4v) is 0. The lowest BCUT2D eigenvalue weighted by molar-refractivity contribution is 1.96. The summed E-state index contributed by atoms with van der Waals surface area (Å²) in [5.41, 5.74) is 0. The molecular weight excluding hydrogens is 370 g/mol. The maximum Gasteiger partial charge on any atom is 0.180 e. The van der Waals surface area contributed by atoms with Crippen LogP contribution < -0.4 is 0 Å². The minimum Gasteiger partial charge on any atom is -0.0874 e. The lowest BCUT2D eigenvalue weighted by atomic mass is 11.9. The minimum atomic E-state index is -0.750. The Balaban J connectivity index is 0. The molecule has 0 aromatic carbocycles. The highest BCUT2D eigenvalue weighted by atomic mass is 80.0. The first-order valence-corrected chi connectivity index (χ1v) is 5.37. The van der Waals surface area contributed by atoms with E-state index in [4.69, 9.17) is 34.8 Å². The molecule has 0 aliphatic heterocycles. The second kappa shape index (κ2) is 9.31. The maximum absolute atomic E-state index is 4.81. The van der Waals surface area contributed by atoms with Gasteiger partial charge in [0.15, 0.2) is 4.30 Å². The molecule has 52 valence electrons. The van der Waals surface area contributed by atoms with E-state index in [1.807, 2.05) is 0 Å². The van der Waals surface area contributed by atoms with Crippen LogP contribution >= 0.6 is 82.6 Å². The lowest BCUT2D eigenvalue weighted by Gasteiger charge is -1.70. The van der Waals surface area contributed by atoms with Crippen molar-refractivity contribution >= 4 is 82.6 Å². The Morgan fingerprint density at radius 3 is 0.875 bits per heavy atom. The molecule has 0 spiro atoms. The van der Waals surface area contributed by atoms with Crippen molar-refractivity contribution in [2.24, 2.45) is 0 Å². The van der Waals surface area contributed by atoms with E-state index in [0.717, 1.165) is 0 Å².